The number of fused-ring (bicyclic) bond motifs is 1. The average molecular weight is 330 g/mol. The molecule has 0 spiro atoms. The lowest BCUT2D eigenvalue weighted by Crippen LogP contribution is -2.45. The molecule has 24 heavy (non-hydrogen) atoms. The van der Waals surface area contributed by atoms with Crippen molar-refractivity contribution < 1.29 is 0 Å². The molecule has 0 amide bonds. The van der Waals surface area contributed by atoms with Gasteiger partial charge in [0.2, 0.25) is 5.95 Å². The van der Waals surface area contributed by atoms with E-state index in [-0.39, 0.29) is 0 Å². The summed E-state index contributed by atoms with van der Waals surface area (Å²) in [4.78, 5) is 16.7. The summed E-state index contributed by atoms with van der Waals surface area (Å²) in [6, 6.07) is 0.310. The molecule has 0 atom stereocenters. The molecule has 8 heteroatoms. The fraction of sp³-hybridized carbons (Fsp3) is 0.688. The predicted molar refractivity (Wildman–Crippen MR) is 95.4 cm³/mol. The maximum absolute atomic E-state index is 6.06. The number of hydrogen-bond acceptors (Lipinski definition) is 7. The normalized spacial score (nSPS) is 21.0. The van der Waals surface area contributed by atoms with Gasteiger partial charge in [0.25, 0.3) is 0 Å². The molecule has 0 aliphatic carbocycles. The SMILES string of the molecule is CN1CCN(c2nc(N3CCC(N)CC3)c3cnn(C)c3n2)CC1. The van der Waals surface area contributed by atoms with Crippen LogP contribution in [0.3, 0.4) is 0 Å². The lowest BCUT2D eigenvalue weighted by Gasteiger charge is -2.34. The van der Waals surface area contributed by atoms with Crippen LogP contribution in [0.1, 0.15) is 12.8 Å². The highest BCUT2D eigenvalue weighted by molar-refractivity contribution is 5.88. The number of piperazine rings is 1. The molecule has 0 bridgehead atoms. The van der Waals surface area contributed by atoms with Crippen LogP contribution in [0.15, 0.2) is 6.20 Å². The van der Waals surface area contributed by atoms with Crippen molar-refractivity contribution in [2.45, 2.75) is 18.9 Å². The zero-order chi connectivity index (χ0) is 16.7. The van der Waals surface area contributed by atoms with Crippen LogP contribution in [0.2, 0.25) is 0 Å². The van der Waals surface area contributed by atoms with Crippen LogP contribution in [0.5, 0.6) is 0 Å². The Morgan fingerprint density at radius 1 is 0.958 bits per heavy atom. The Kier molecular flexibility index (Phi) is 4.01. The minimum Gasteiger partial charge on any atom is -0.356 e. The lowest BCUT2D eigenvalue weighted by molar-refractivity contribution is 0.311. The average Bonchev–Trinajstić information content (AvgIpc) is 2.97. The Morgan fingerprint density at radius 2 is 1.67 bits per heavy atom. The third-order valence-corrected chi connectivity index (χ3v) is 5.19. The summed E-state index contributed by atoms with van der Waals surface area (Å²) in [7, 11) is 4.10. The largest absolute Gasteiger partial charge is 0.356 e. The second-order valence-corrected chi connectivity index (χ2v) is 6.97. The fourth-order valence-corrected chi connectivity index (χ4v) is 3.50. The van der Waals surface area contributed by atoms with E-state index < -0.39 is 0 Å². The van der Waals surface area contributed by atoms with Crippen LogP contribution in [0.4, 0.5) is 11.8 Å². The van der Waals surface area contributed by atoms with Crippen molar-refractivity contribution in [3.05, 3.63) is 6.20 Å². The number of aromatic nitrogens is 4. The first-order valence-corrected chi connectivity index (χ1v) is 8.75. The van der Waals surface area contributed by atoms with E-state index in [1.807, 2.05) is 17.9 Å². The molecule has 0 unspecified atom stereocenters. The third-order valence-electron chi connectivity index (χ3n) is 5.19. The van der Waals surface area contributed by atoms with E-state index in [9.17, 15) is 0 Å². The molecule has 0 aromatic carbocycles. The van der Waals surface area contributed by atoms with Gasteiger partial charge in [-0.2, -0.15) is 15.1 Å². The van der Waals surface area contributed by atoms with E-state index in [1.165, 1.54) is 0 Å². The predicted octanol–water partition coefficient (Wildman–Crippen LogP) is 0.0426. The second-order valence-electron chi connectivity index (χ2n) is 6.97. The third kappa shape index (κ3) is 2.80. The van der Waals surface area contributed by atoms with E-state index in [1.54, 1.807) is 0 Å². The first-order chi connectivity index (χ1) is 11.6. The van der Waals surface area contributed by atoms with Crippen molar-refractivity contribution in [1.29, 1.82) is 0 Å². The Labute approximate surface area is 142 Å². The van der Waals surface area contributed by atoms with Gasteiger partial charge in [0.1, 0.15) is 5.82 Å². The molecule has 0 saturated carbocycles. The number of likely N-dealkylation sites (N-methyl/N-ethyl adjacent to an activating group) is 1. The molecule has 0 radical (unpaired) electrons. The molecule has 2 aliphatic rings. The summed E-state index contributed by atoms with van der Waals surface area (Å²) in [6.07, 6.45) is 3.90. The van der Waals surface area contributed by atoms with Gasteiger partial charge in [-0.05, 0) is 19.9 Å². The molecular formula is C16H26N8. The van der Waals surface area contributed by atoms with Gasteiger partial charge in [-0.3, -0.25) is 4.68 Å². The first kappa shape index (κ1) is 15.6. The summed E-state index contributed by atoms with van der Waals surface area (Å²) < 4.78 is 1.84. The van der Waals surface area contributed by atoms with Crippen molar-refractivity contribution in [1.82, 2.24) is 24.6 Å². The van der Waals surface area contributed by atoms with Crippen LogP contribution in [0.25, 0.3) is 11.0 Å². The quantitative estimate of drug-likeness (QED) is 0.833. The van der Waals surface area contributed by atoms with Gasteiger partial charge < -0.3 is 20.4 Å². The van der Waals surface area contributed by atoms with Crippen LogP contribution in [-0.4, -0.2) is 77.0 Å². The molecule has 4 heterocycles. The minimum atomic E-state index is 0.310. The molecule has 2 fully saturated rings. The molecule has 2 aliphatic heterocycles. The van der Waals surface area contributed by atoms with Crippen LogP contribution >= 0.6 is 0 Å². The maximum atomic E-state index is 6.06. The number of rotatable bonds is 2. The highest BCUT2D eigenvalue weighted by Crippen LogP contribution is 2.28. The molecule has 2 N–H and O–H groups in total. The number of nitrogens with two attached hydrogens (primary N) is 1. The summed E-state index contributed by atoms with van der Waals surface area (Å²) in [5.74, 6) is 1.83. The van der Waals surface area contributed by atoms with Crippen molar-refractivity contribution in [3.63, 3.8) is 0 Å². The Bertz CT molecular complexity index is 710. The van der Waals surface area contributed by atoms with Gasteiger partial charge >= 0.3 is 0 Å². The van der Waals surface area contributed by atoms with E-state index in [0.717, 1.165) is 74.9 Å². The molecule has 2 aromatic heterocycles. The van der Waals surface area contributed by atoms with Gasteiger partial charge in [0.05, 0.1) is 11.6 Å². The Morgan fingerprint density at radius 3 is 2.38 bits per heavy atom. The smallest absolute Gasteiger partial charge is 0.229 e. The minimum absolute atomic E-state index is 0.310. The van der Waals surface area contributed by atoms with E-state index >= 15 is 0 Å². The number of piperidine rings is 1. The van der Waals surface area contributed by atoms with Gasteiger partial charge in [0.15, 0.2) is 5.65 Å². The van der Waals surface area contributed by atoms with Crippen molar-refractivity contribution in [2.75, 3.05) is 56.1 Å². The number of aryl methyl sites for hydroxylation is 1. The number of anilines is 2. The second kappa shape index (κ2) is 6.18. The fourth-order valence-electron chi connectivity index (χ4n) is 3.50. The van der Waals surface area contributed by atoms with Gasteiger partial charge in [-0.25, -0.2) is 0 Å². The Balaban J connectivity index is 1.71. The molecule has 4 rings (SSSR count). The maximum Gasteiger partial charge on any atom is 0.229 e. The lowest BCUT2D eigenvalue weighted by atomic mass is 10.1. The molecule has 8 nitrogen and oxygen atoms in total. The Hall–Kier alpha value is -1.93. The topological polar surface area (TPSA) is 79.3 Å². The van der Waals surface area contributed by atoms with Crippen LogP contribution in [0, 0.1) is 0 Å². The zero-order valence-electron chi connectivity index (χ0n) is 14.5. The van der Waals surface area contributed by atoms with E-state index in [2.05, 4.69) is 26.8 Å². The van der Waals surface area contributed by atoms with Gasteiger partial charge in [-0.15, -0.1) is 0 Å². The van der Waals surface area contributed by atoms with Crippen molar-refractivity contribution in [3.8, 4) is 0 Å². The first-order valence-electron chi connectivity index (χ1n) is 8.75. The highest BCUT2D eigenvalue weighted by atomic mass is 15.4. The summed E-state index contributed by atoms with van der Waals surface area (Å²) in [5, 5.41) is 5.43. The zero-order valence-corrected chi connectivity index (χ0v) is 14.5. The molecule has 130 valence electrons. The summed E-state index contributed by atoms with van der Waals surface area (Å²) in [5.41, 5.74) is 6.97. The highest BCUT2D eigenvalue weighted by Gasteiger charge is 2.24. The van der Waals surface area contributed by atoms with Crippen LogP contribution in [-0.2, 0) is 7.05 Å². The van der Waals surface area contributed by atoms with Crippen molar-refractivity contribution >= 4 is 22.8 Å². The van der Waals surface area contributed by atoms with E-state index in [4.69, 9.17) is 15.7 Å². The van der Waals surface area contributed by atoms with E-state index in [0.29, 0.717) is 6.04 Å². The number of hydrogen-bond donors (Lipinski definition) is 1. The molecule has 2 saturated heterocycles. The molecule has 2 aromatic rings. The van der Waals surface area contributed by atoms with Gasteiger partial charge in [0, 0.05) is 52.4 Å². The summed E-state index contributed by atoms with van der Waals surface area (Å²) in [6.45, 7) is 5.91. The standard InChI is InChI=1S/C16H26N8/c1-21-7-9-24(10-8-21)16-19-14-13(11-18-22(14)2)15(20-16)23-5-3-12(17)4-6-23/h11-12H,3-10,17H2,1-2H3. The summed E-state index contributed by atoms with van der Waals surface area (Å²) >= 11 is 0. The number of nitrogens with zero attached hydrogens (tertiary/aromatic N) is 7. The van der Waals surface area contributed by atoms with Crippen LogP contribution < -0.4 is 15.5 Å². The van der Waals surface area contributed by atoms with Crippen molar-refractivity contribution in [2.24, 2.45) is 12.8 Å². The molecular weight excluding hydrogens is 304 g/mol. The van der Waals surface area contributed by atoms with Gasteiger partial charge in [-0.1, -0.05) is 0 Å². The monoisotopic (exact) mass is 330 g/mol.